The Bertz CT molecular complexity index is 1750. The molecule has 0 amide bonds. The molecule has 0 spiro atoms. The highest BCUT2D eigenvalue weighted by atomic mass is 31.2. The van der Waals surface area contributed by atoms with Crippen LogP contribution in [0, 0.1) is 0 Å². The predicted molar refractivity (Wildman–Crippen MR) is 344 cm³/mol. The van der Waals surface area contributed by atoms with Crippen LogP contribution < -0.4 is 0 Å². The van der Waals surface area contributed by atoms with Crippen LogP contribution >= 0.6 is 7.82 Å². The highest BCUT2D eigenvalue weighted by molar-refractivity contribution is 7.47. The van der Waals surface area contributed by atoms with Crippen LogP contribution in [0.5, 0.6) is 0 Å². The Morgan fingerprint density at radius 2 is 0.634 bits per heavy atom. The lowest BCUT2D eigenvalue weighted by molar-refractivity contribution is -0.161. The molecule has 3 unspecified atom stereocenters. The number of hydrogen-bond donors (Lipinski definition) is 2. The molecule has 0 aromatic rings. The normalized spacial score (nSPS) is 13.9. The van der Waals surface area contributed by atoms with Gasteiger partial charge in [0.2, 0.25) is 0 Å². The van der Waals surface area contributed by atoms with Crippen LogP contribution in [-0.2, 0) is 42.2 Å². The number of phosphoric acid groups is 1. The molecule has 0 aliphatic rings. The maximum Gasteiger partial charge on any atom is 0.472 e. The van der Waals surface area contributed by atoms with Crippen molar-refractivity contribution in [3.05, 3.63) is 97.2 Å². The lowest BCUT2D eigenvalue weighted by Crippen LogP contribution is -2.30. The maximum absolute atomic E-state index is 13.0. The molecular weight excluding hydrogens is 1050 g/mol. The van der Waals surface area contributed by atoms with Crippen molar-refractivity contribution in [2.45, 2.75) is 303 Å². The molecule has 0 bridgehead atoms. The number of carbonyl (C=O) groups excluding carboxylic acids is 3. The van der Waals surface area contributed by atoms with Crippen LogP contribution in [-0.4, -0.2) is 66.5 Å². The minimum atomic E-state index is -4.77. The first-order chi connectivity index (χ1) is 40.2. The molecule has 0 heterocycles. The number of hydrogen-bond acceptors (Lipinski definition) is 10. The Hall–Kier alpha value is -3.60. The lowest BCUT2D eigenvalue weighted by Gasteiger charge is -2.21. The summed E-state index contributed by atoms with van der Waals surface area (Å²) in [6.07, 6.45) is 76.4. The van der Waals surface area contributed by atoms with Crippen LogP contribution in [0.15, 0.2) is 97.2 Å². The van der Waals surface area contributed by atoms with E-state index in [9.17, 15) is 28.9 Å². The van der Waals surface area contributed by atoms with Gasteiger partial charge in [0.1, 0.15) is 12.7 Å². The minimum absolute atomic E-state index is 0.149. The van der Waals surface area contributed by atoms with Gasteiger partial charge in [-0.25, -0.2) is 4.57 Å². The van der Waals surface area contributed by atoms with Crippen molar-refractivity contribution in [2.75, 3.05) is 26.4 Å². The monoisotopic (exact) mass is 1170 g/mol. The number of ether oxygens (including phenoxy) is 3. The van der Waals surface area contributed by atoms with Crippen molar-refractivity contribution in [3.63, 3.8) is 0 Å². The smallest absolute Gasteiger partial charge is 0.462 e. The van der Waals surface area contributed by atoms with E-state index in [0.717, 1.165) is 148 Å². The van der Waals surface area contributed by atoms with E-state index in [0.29, 0.717) is 19.3 Å². The summed E-state index contributed by atoms with van der Waals surface area (Å²) in [6.45, 7) is 4.43. The first-order valence-electron chi connectivity index (χ1n) is 33.1. The first-order valence-corrected chi connectivity index (χ1v) is 34.6. The second-order valence-corrected chi connectivity index (χ2v) is 23.3. The van der Waals surface area contributed by atoms with Crippen molar-refractivity contribution in [1.82, 2.24) is 0 Å². The SMILES string of the molecule is CC/C=C\C/C=C\C/C=C\C/C=C\CCCCCCCCC(=O)OC(CO)COP(=O)(O)OCC(COC(=O)CCCCCCCCCCCCCCCCCCC)OC(=O)CCCCCCCC/C=C\C/C=C\C/C=C\C/C=C\CC. The molecule has 0 aliphatic heterocycles. The zero-order valence-corrected chi connectivity index (χ0v) is 53.3. The second-order valence-electron chi connectivity index (χ2n) is 21.9. The van der Waals surface area contributed by atoms with Crippen LogP contribution in [0.25, 0.3) is 0 Å². The number of allylic oxidation sites excluding steroid dienone is 16. The summed E-state index contributed by atoms with van der Waals surface area (Å²) in [7, 11) is -4.77. The van der Waals surface area contributed by atoms with E-state index < -0.39 is 57.8 Å². The van der Waals surface area contributed by atoms with Gasteiger partial charge in [-0.2, -0.15) is 0 Å². The van der Waals surface area contributed by atoms with Gasteiger partial charge in [0.05, 0.1) is 19.8 Å². The summed E-state index contributed by atoms with van der Waals surface area (Å²) < 4.78 is 39.7. The molecule has 0 aliphatic carbocycles. The van der Waals surface area contributed by atoms with Gasteiger partial charge in [0.25, 0.3) is 0 Å². The largest absolute Gasteiger partial charge is 0.472 e. The van der Waals surface area contributed by atoms with Crippen LogP contribution in [0.4, 0.5) is 0 Å². The van der Waals surface area contributed by atoms with E-state index in [4.69, 9.17) is 23.3 Å². The summed E-state index contributed by atoms with van der Waals surface area (Å²) in [5.74, 6) is -1.48. The van der Waals surface area contributed by atoms with Crippen molar-refractivity contribution in [3.8, 4) is 0 Å². The average molecular weight is 1170 g/mol. The van der Waals surface area contributed by atoms with E-state index in [2.05, 4.69) is 118 Å². The fraction of sp³-hybridized carbons (Fsp3) is 0.729. The quantitative estimate of drug-likeness (QED) is 0.0197. The van der Waals surface area contributed by atoms with E-state index in [1.807, 2.05) is 0 Å². The van der Waals surface area contributed by atoms with Crippen molar-refractivity contribution in [1.29, 1.82) is 0 Å². The molecule has 472 valence electrons. The summed E-state index contributed by atoms with van der Waals surface area (Å²) in [5, 5.41) is 9.87. The molecule has 0 rings (SSSR count). The van der Waals surface area contributed by atoms with Gasteiger partial charge in [-0.05, 0) is 96.3 Å². The molecule has 0 saturated heterocycles. The number of phosphoric ester groups is 1. The average Bonchev–Trinajstić information content (AvgIpc) is 3.47. The topological polar surface area (TPSA) is 155 Å². The van der Waals surface area contributed by atoms with E-state index in [1.54, 1.807) is 0 Å². The van der Waals surface area contributed by atoms with E-state index in [1.165, 1.54) is 83.5 Å². The number of esters is 3. The fourth-order valence-corrected chi connectivity index (χ4v) is 9.83. The van der Waals surface area contributed by atoms with Crippen LogP contribution in [0.2, 0.25) is 0 Å². The molecule has 0 saturated carbocycles. The van der Waals surface area contributed by atoms with Crippen molar-refractivity contribution >= 4 is 25.7 Å². The molecule has 2 N–H and O–H groups in total. The molecule has 82 heavy (non-hydrogen) atoms. The maximum atomic E-state index is 13.0. The Kier molecular flexibility index (Phi) is 60.6. The zero-order chi connectivity index (χ0) is 59.8. The Labute approximate surface area is 502 Å². The summed E-state index contributed by atoms with van der Waals surface area (Å²) in [5.41, 5.74) is 0. The van der Waals surface area contributed by atoms with E-state index in [-0.39, 0.29) is 25.9 Å². The first kappa shape index (κ1) is 78.4. The van der Waals surface area contributed by atoms with Gasteiger partial charge >= 0.3 is 25.7 Å². The second kappa shape index (κ2) is 63.4. The number of aliphatic hydroxyl groups excluding tert-OH is 1. The molecule has 12 heteroatoms. The minimum Gasteiger partial charge on any atom is -0.462 e. The number of rotatable bonds is 61. The third kappa shape index (κ3) is 61.0. The van der Waals surface area contributed by atoms with Crippen LogP contribution in [0.3, 0.4) is 0 Å². The van der Waals surface area contributed by atoms with Crippen molar-refractivity contribution in [2.24, 2.45) is 0 Å². The van der Waals surface area contributed by atoms with Gasteiger partial charge in [-0.3, -0.25) is 23.4 Å². The molecule has 0 radical (unpaired) electrons. The third-order valence-corrected chi connectivity index (χ3v) is 15.0. The summed E-state index contributed by atoms with van der Waals surface area (Å²) in [6, 6.07) is 0. The Balaban J connectivity index is 4.72. The van der Waals surface area contributed by atoms with Crippen LogP contribution in [0.1, 0.15) is 290 Å². The lowest BCUT2D eigenvalue weighted by atomic mass is 10.0. The third-order valence-electron chi connectivity index (χ3n) is 14.0. The zero-order valence-electron chi connectivity index (χ0n) is 52.4. The van der Waals surface area contributed by atoms with Gasteiger partial charge < -0.3 is 24.2 Å². The van der Waals surface area contributed by atoms with Gasteiger partial charge in [0, 0.05) is 19.3 Å². The number of unbranched alkanes of at least 4 members (excludes halogenated alkanes) is 28. The van der Waals surface area contributed by atoms with E-state index >= 15 is 0 Å². The molecule has 3 atom stereocenters. The van der Waals surface area contributed by atoms with Crippen molar-refractivity contribution < 1.29 is 52.2 Å². The Morgan fingerprint density at radius 1 is 0.354 bits per heavy atom. The Morgan fingerprint density at radius 3 is 0.976 bits per heavy atom. The molecule has 0 aromatic carbocycles. The standard InChI is InChI=1S/C70H121O11P/c1-4-7-10-13-16-19-22-25-28-31-33-36-39-42-45-48-51-54-57-60-69(73)80-66(62-71)64-78-82(75,76)79-65-67(63-77-68(72)59-56-53-50-47-44-41-38-35-30-27-24-21-18-15-12-9-6-3)81-70(74)61-58-55-52-49-46-43-40-37-34-32-29-26-23-20-17-14-11-8-5-2/h7-8,10-11,16-17,19-20,25-26,28-29,33-34,36-37,66-67,71H,4-6,9,12-15,18,21-24,27,30-32,35,38-65H2,1-3H3,(H,75,76)/b10-7-,11-8-,19-16-,20-17-,28-25-,29-26-,36-33-,37-34-. The number of aliphatic hydroxyl groups is 1. The molecular formula is C70H121O11P. The summed E-state index contributed by atoms with van der Waals surface area (Å²) >= 11 is 0. The highest BCUT2D eigenvalue weighted by Gasteiger charge is 2.28. The highest BCUT2D eigenvalue weighted by Crippen LogP contribution is 2.43. The van der Waals surface area contributed by atoms with Gasteiger partial charge in [-0.1, -0.05) is 272 Å². The number of carbonyl (C=O) groups is 3. The molecule has 11 nitrogen and oxygen atoms in total. The molecule has 0 aromatic heterocycles. The fourth-order valence-electron chi connectivity index (χ4n) is 9.05. The van der Waals surface area contributed by atoms with Gasteiger partial charge in [0.15, 0.2) is 6.10 Å². The molecule has 0 fully saturated rings. The summed E-state index contributed by atoms with van der Waals surface area (Å²) in [4.78, 5) is 48.8. The predicted octanol–water partition coefficient (Wildman–Crippen LogP) is 20.4. The van der Waals surface area contributed by atoms with Gasteiger partial charge in [-0.15, -0.1) is 0 Å².